The highest BCUT2D eigenvalue weighted by Crippen LogP contribution is 1.93. The summed E-state index contributed by atoms with van der Waals surface area (Å²) in [5, 5.41) is 6.38. The molecule has 0 amide bonds. The van der Waals surface area contributed by atoms with E-state index in [4.69, 9.17) is 4.74 Å². The first-order valence-corrected chi connectivity index (χ1v) is 6.30. The van der Waals surface area contributed by atoms with Crippen molar-refractivity contribution in [2.45, 2.75) is 34.1 Å². The summed E-state index contributed by atoms with van der Waals surface area (Å²) in [6.07, 6.45) is 0.979. The molecule has 0 saturated carbocycles. The highest BCUT2D eigenvalue weighted by molar-refractivity contribution is 14.0. The Morgan fingerprint density at radius 2 is 1.76 bits per heavy atom. The number of guanidine groups is 1. The average molecular weight is 357 g/mol. The number of nitrogens with zero attached hydrogens (tertiary/aromatic N) is 1. The summed E-state index contributed by atoms with van der Waals surface area (Å²) in [6, 6.07) is 0. The van der Waals surface area contributed by atoms with Crippen molar-refractivity contribution >= 4 is 29.9 Å². The second-order valence-corrected chi connectivity index (χ2v) is 4.11. The van der Waals surface area contributed by atoms with Gasteiger partial charge in [-0.2, -0.15) is 0 Å². The Balaban J connectivity index is 0. The number of hydrogen-bond donors (Lipinski definition) is 2. The van der Waals surface area contributed by atoms with Gasteiger partial charge < -0.3 is 15.4 Å². The van der Waals surface area contributed by atoms with Crippen LogP contribution in [0, 0.1) is 5.92 Å². The third-order valence-corrected chi connectivity index (χ3v) is 1.86. The van der Waals surface area contributed by atoms with Crippen LogP contribution in [0.3, 0.4) is 0 Å². The van der Waals surface area contributed by atoms with E-state index in [1.54, 1.807) is 0 Å². The molecule has 0 spiro atoms. The van der Waals surface area contributed by atoms with E-state index in [9.17, 15) is 0 Å². The van der Waals surface area contributed by atoms with Crippen molar-refractivity contribution in [2.24, 2.45) is 10.9 Å². The van der Waals surface area contributed by atoms with E-state index >= 15 is 0 Å². The lowest BCUT2D eigenvalue weighted by Gasteiger charge is -2.09. The smallest absolute Gasteiger partial charge is 0.191 e. The highest BCUT2D eigenvalue weighted by Gasteiger charge is 1.95. The van der Waals surface area contributed by atoms with Crippen molar-refractivity contribution in [3.05, 3.63) is 0 Å². The maximum atomic E-state index is 5.49. The summed E-state index contributed by atoms with van der Waals surface area (Å²) >= 11 is 0. The van der Waals surface area contributed by atoms with E-state index in [-0.39, 0.29) is 24.0 Å². The fourth-order valence-corrected chi connectivity index (χ4v) is 1.19. The lowest BCUT2D eigenvalue weighted by molar-refractivity contribution is 0.109. The maximum Gasteiger partial charge on any atom is 0.191 e. The molecule has 2 N–H and O–H groups in total. The first-order chi connectivity index (χ1) is 7.70. The molecule has 0 aliphatic carbocycles. The molecule has 0 aliphatic rings. The molecule has 0 aromatic heterocycles. The predicted octanol–water partition coefficient (Wildman–Crippen LogP) is 2.24. The van der Waals surface area contributed by atoms with Crippen molar-refractivity contribution in [3.8, 4) is 0 Å². The van der Waals surface area contributed by atoms with Crippen molar-refractivity contribution in [2.75, 3.05) is 32.8 Å². The zero-order valence-electron chi connectivity index (χ0n) is 11.6. The fraction of sp³-hybridized carbons (Fsp3) is 0.917. The van der Waals surface area contributed by atoms with E-state index in [1.165, 1.54) is 0 Å². The summed E-state index contributed by atoms with van der Waals surface area (Å²) in [6.45, 7) is 12.7. The number of nitrogens with one attached hydrogen (secondary N) is 2. The van der Waals surface area contributed by atoms with Gasteiger partial charge in [0.05, 0.1) is 0 Å². The van der Waals surface area contributed by atoms with Crippen LogP contribution < -0.4 is 10.6 Å². The minimum atomic E-state index is 0. The lowest BCUT2D eigenvalue weighted by Crippen LogP contribution is -2.37. The summed E-state index contributed by atoms with van der Waals surface area (Å²) in [7, 11) is 0. The van der Waals surface area contributed by atoms with Crippen LogP contribution in [0.1, 0.15) is 34.1 Å². The monoisotopic (exact) mass is 357 g/mol. The topological polar surface area (TPSA) is 45.7 Å². The number of ether oxygens (including phenoxy) is 1. The molecule has 0 aliphatic heterocycles. The van der Waals surface area contributed by atoms with Gasteiger partial charge in [-0.25, -0.2) is 0 Å². The molecule has 0 atom stereocenters. The van der Waals surface area contributed by atoms with Crippen LogP contribution in [0.2, 0.25) is 0 Å². The van der Waals surface area contributed by atoms with Crippen molar-refractivity contribution in [3.63, 3.8) is 0 Å². The van der Waals surface area contributed by atoms with E-state index in [0.29, 0.717) is 5.92 Å². The van der Waals surface area contributed by atoms with Crippen molar-refractivity contribution < 1.29 is 4.74 Å². The van der Waals surface area contributed by atoms with Crippen molar-refractivity contribution in [1.82, 2.24) is 10.6 Å². The molecule has 17 heavy (non-hydrogen) atoms. The van der Waals surface area contributed by atoms with Crippen LogP contribution in [-0.2, 0) is 4.74 Å². The second kappa shape index (κ2) is 14.0. The van der Waals surface area contributed by atoms with Gasteiger partial charge >= 0.3 is 0 Å². The Labute approximate surface area is 123 Å². The first-order valence-electron chi connectivity index (χ1n) is 6.30. The Bertz CT molecular complexity index is 179. The first kappa shape index (κ1) is 19.3. The minimum Gasteiger partial charge on any atom is -0.381 e. The van der Waals surface area contributed by atoms with Crippen LogP contribution in [0.5, 0.6) is 0 Å². The van der Waals surface area contributed by atoms with Crippen LogP contribution in [0.15, 0.2) is 4.99 Å². The molecule has 0 saturated heterocycles. The zero-order chi connectivity index (χ0) is 12.2. The molecular formula is C12H28IN3O. The molecule has 0 rings (SSSR count). The molecule has 0 radical (unpaired) electrons. The number of halogens is 1. The molecule has 0 fully saturated rings. The Hall–Kier alpha value is -0.0400. The van der Waals surface area contributed by atoms with Gasteiger partial charge in [0.1, 0.15) is 0 Å². The summed E-state index contributed by atoms with van der Waals surface area (Å²) in [5.41, 5.74) is 0. The van der Waals surface area contributed by atoms with Gasteiger partial charge in [-0.05, 0) is 26.2 Å². The Morgan fingerprint density at radius 3 is 2.24 bits per heavy atom. The molecule has 0 bridgehead atoms. The number of aliphatic imine (C=N–C) groups is 1. The zero-order valence-corrected chi connectivity index (χ0v) is 13.9. The van der Waals surface area contributed by atoms with E-state index < -0.39 is 0 Å². The lowest BCUT2D eigenvalue weighted by atomic mass is 10.2. The quantitative estimate of drug-likeness (QED) is 0.303. The van der Waals surface area contributed by atoms with Gasteiger partial charge in [-0.15, -0.1) is 24.0 Å². The Morgan fingerprint density at radius 1 is 1.18 bits per heavy atom. The van der Waals surface area contributed by atoms with Gasteiger partial charge in [0, 0.05) is 32.8 Å². The molecule has 0 heterocycles. The minimum absolute atomic E-state index is 0. The fourth-order valence-electron chi connectivity index (χ4n) is 1.19. The predicted molar refractivity (Wildman–Crippen MR) is 85.3 cm³/mol. The standard InChI is InChI=1S/C12H27N3O.HI/c1-5-13-12(14-6-2)15-8-7-9-16-10-11(3)4;/h11H,5-10H2,1-4H3,(H2,13,14,15);1H. The van der Waals surface area contributed by atoms with E-state index in [0.717, 1.165) is 45.2 Å². The van der Waals surface area contributed by atoms with Crippen molar-refractivity contribution in [1.29, 1.82) is 0 Å². The molecule has 0 unspecified atom stereocenters. The van der Waals surface area contributed by atoms with Crippen LogP contribution in [0.25, 0.3) is 0 Å². The van der Waals surface area contributed by atoms with Gasteiger partial charge in [0.25, 0.3) is 0 Å². The van der Waals surface area contributed by atoms with Gasteiger partial charge in [-0.3, -0.25) is 4.99 Å². The highest BCUT2D eigenvalue weighted by atomic mass is 127. The third kappa shape index (κ3) is 13.9. The third-order valence-electron chi connectivity index (χ3n) is 1.86. The van der Waals surface area contributed by atoms with E-state index in [2.05, 4.69) is 43.3 Å². The normalized spacial score (nSPS) is 9.71. The second-order valence-electron chi connectivity index (χ2n) is 4.11. The number of rotatable bonds is 8. The van der Waals surface area contributed by atoms with Gasteiger partial charge in [-0.1, -0.05) is 13.8 Å². The van der Waals surface area contributed by atoms with Crippen LogP contribution in [-0.4, -0.2) is 38.8 Å². The molecule has 0 aromatic carbocycles. The summed E-state index contributed by atoms with van der Waals surface area (Å²) < 4.78 is 5.49. The average Bonchev–Trinajstić information content (AvgIpc) is 2.23. The summed E-state index contributed by atoms with van der Waals surface area (Å²) in [5.74, 6) is 1.51. The molecule has 0 aromatic rings. The molecule has 104 valence electrons. The molecular weight excluding hydrogens is 329 g/mol. The number of hydrogen-bond acceptors (Lipinski definition) is 2. The van der Waals surface area contributed by atoms with E-state index in [1.807, 2.05) is 0 Å². The van der Waals surface area contributed by atoms with Gasteiger partial charge in [0.15, 0.2) is 5.96 Å². The van der Waals surface area contributed by atoms with Crippen LogP contribution in [0.4, 0.5) is 0 Å². The van der Waals surface area contributed by atoms with Gasteiger partial charge in [0.2, 0.25) is 0 Å². The van der Waals surface area contributed by atoms with Crippen LogP contribution >= 0.6 is 24.0 Å². The molecule has 5 heteroatoms. The maximum absolute atomic E-state index is 5.49. The summed E-state index contributed by atoms with van der Waals surface area (Å²) in [4.78, 5) is 4.43. The Kier molecular flexibility index (Phi) is 15.9. The molecule has 4 nitrogen and oxygen atoms in total. The SMILES string of the molecule is CCNC(=NCCCOCC(C)C)NCC.I. The largest absolute Gasteiger partial charge is 0.381 e.